The van der Waals surface area contributed by atoms with E-state index < -0.39 is 41.1 Å². The van der Waals surface area contributed by atoms with Gasteiger partial charge in [-0.1, -0.05) is 19.3 Å². The van der Waals surface area contributed by atoms with Gasteiger partial charge in [-0.25, -0.2) is 14.7 Å². The first-order valence-electron chi connectivity index (χ1n) is 12.6. The van der Waals surface area contributed by atoms with Crippen LogP contribution < -0.4 is 15.3 Å². The molecule has 38 heavy (non-hydrogen) atoms. The molecule has 2 aromatic rings. The zero-order valence-electron chi connectivity index (χ0n) is 20.4. The standard InChI is InChI=1S/C27H26F4N4O3/c28-22-13-19(10-11-20(22)25(36)33-38-15-16-4-3-5-16)35-24-7-2-1-6-23(24)34(26(35)37)18-9-8-17(14-32)21(12-18)27(29,30)31/h8-13,16,23-24H,1-7,15H2,(H,33,36)/t23-,24-/m0/s1. The molecule has 1 aliphatic heterocycles. The van der Waals surface area contributed by atoms with Crippen molar-refractivity contribution in [3.8, 4) is 6.07 Å². The Labute approximate surface area is 216 Å². The van der Waals surface area contributed by atoms with Crippen LogP contribution in [0.5, 0.6) is 0 Å². The third-order valence-electron chi connectivity index (χ3n) is 7.66. The Balaban J connectivity index is 1.41. The molecule has 0 radical (unpaired) electrons. The van der Waals surface area contributed by atoms with Crippen LogP contribution in [0.2, 0.25) is 0 Å². The summed E-state index contributed by atoms with van der Waals surface area (Å²) in [6.45, 7) is 0.359. The fourth-order valence-electron chi connectivity index (χ4n) is 5.49. The lowest BCUT2D eigenvalue weighted by Gasteiger charge is -2.32. The summed E-state index contributed by atoms with van der Waals surface area (Å²) in [5, 5.41) is 9.13. The van der Waals surface area contributed by atoms with E-state index in [4.69, 9.17) is 10.1 Å². The summed E-state index contributed by atoms with van der Waals surface area (Å²) >= 11 is 0. The zero-order chi connectivity index (χ0) is 27.0. The van der Waals surface area contributed by atoms with E-state index in [9.17, 15) is 22.8 Å². The number of anilines is 2. The summed E-state index contributed by atoms with van der Waals surface area (Å²) in [6, 6.07) is 7.19. The van der Waals surface area contributed by atoms with Crippen LogP contribution in [0.25, 0.3) is 0 Å². The van der Waals surface area contributed by atoms with Gasteiger partial charge >= 0.3 is 12.2 Å². The van der Waals surface area contributed by atoms with Crippen molar-refractivity contribution in [3.63, 3.8) is 0 Å². The summed E-state index contributed by atoms with van der Waals surface area (Å²) < 4.78 is 55.9. The molecule has 11 heteroatoms. The molecule has 200 valence electrons. The molecule has 1 N–H and O–H groups in total. The highest BCUT2D eigenvalue weighted by molar-refractivity contribution is 6.08. The molecule has 2 saturated carbocycles. The lowest BCUT2D eigenvalue weighted by atomic mass is 9.86. The molecule has 2 aromatic carbocycles. The van der Waals surface area contributed by atoms with Gasteiger partial charge in [0.15, 0.2) is 0 Å². The zero-order valence-corrected chi connectivity index (χ0v) is 20.4. The maximum atomic E-state index is 15.0. The summed E-state index contributed by atoms with van der Waals surface area (Å²) in [5.74, 6) is -1.20. The van der Waals surface area contributed by atoms with Gasteiger partial charge in [0.05, 0.1) is 41.5 Å². The number of nitrogens with zero attached hydrogens (tertiary/aromatic N) is 3. The van der Waals surface area contributed by atoms with E-state index in [2.05, 4.69) is 5.48 Å². The van der Waals surface area contributed by atoms with Crippen molar-refractivity contribution >= 4 is 23.3 Å². The van der Waals surface area contributed by atoms with Crippen LogP contribution in [0.1, 0.15) is 66.4 Å². The number of alkyl halides is 3. The number of nitriles is 1. The minimum atomic E-state index is -4.77. The second-order valence-corrected chi connectivity index (χ2v) is 9.98. The number of hydrogen-bond acceptors (Lipinski definition) is 4. The van der Waals surface area contributed by atoms with E-state index in [0.717, 1.165) is 50.3 Å². The summed E-state index contributed by atoms with van der Waals surface area (Å²) in [6.07, 6.45) is 1.17. The quantitative estimate of drug-likeness (QED) is 0.370. The van der Waals surface area contributed by atoms with Gasteiger partial charge in [-0.15, -0.1) is 0 Å². The van der Waals surface area contributed by atoms with E-state index in [1.54, 1.807) is 6.07 Å². The maximum Gasteiger partial charge on any atom is 0.417 e. The van der Waals surface area contributed by atoms with E-state index in [1.807, 2.05) is 0 Å². The number of carbonyl (C=O) groups excluding carboxylic acids is 2. The SMILES string of the molecule is N#Cc1ccc(N2C(=O)N(c3ccc(C(=O)NOCC4CCC4)c(F)c3)[C@H]3CCCC[C@@H]32)cc1C(F)(F)F. The Kier molecular flexibility index (Phi) is 7.01. The van der Waals surface area contributed by atoms with Gasteiger partial charge in [0.1, 0.15) is 5.82 Å². The first kappa shape index (κ1) is 26.0. The van der Waals surface area contributed by atoms with E-state index in [-0.39, 0.29) is 23.0 Å². The third kappa shape index (κ3) is 4.80. The number of amides is 3. The second-order valence-electron chi connectivity index (χ2n) is 9.98. The molecule has 0 unspecified atom stereocenters. The molecule has 2 aliphatic carbocycles. The van der Waals surface area contributed by atoms with E-state index >= 15 is 4.39 Å². The Morgan fingerprint density at radius 2 is 1.63 bits per heavy atom. The molecular formula is C27H26F4N4O3. The van der Waals surface area contributed by atoms with Gasteiger partial charge < -0.3 is 0 Å². The molecular weight excluding hydrogens is 504 g/mol. The van der Waals surface area contributed by atoms with Crippen LogP contribution >= 0.6 is 0 Å². The Morgan fingerprint density at radius 1 is 1.00 bits per heavy atom. The normalized spacial score (nSPS) is 21.6. The molecule has 3 aliphatic rings. The number of rotatable bonds is 6. The van der Waals surface area contributed by atoms with Gasteiger partial charge in [-0.05, 0) is 68.0 Å². The minimum absolute atomic E-state index is 0.0285. The fraction of sp³-hybridized carbons (Fsp3) is 0.444. The smallest absolute Gasteiger partial charge is 0.289 e. The lowest BCUT2D eigenvalue weighted by Crippen LogP contribution is -2.40. The monoisotopic (exact) mass is 530 g/mol. The third-order valence-corrected chi connectivity index (χ3v) is 7.66. The maximum absolute atomic E-state index is 15.0. The predicted molar refractivity (Wildman–Crippen MR) is 130 cm³/mol. The Bertz CT molecular complexity index is 1290. The number of hydroxylamine groups is 1. The van der Waals surface area contributed by atoms with Crippen LogP contribution in [0, 0.1) is 23.1 Å². The Hall–Kier alpha value is -3.65. The highest BCUT2D eigenvalue weighted by atomic mass is 19.4. The largest absolute Gasteiger partial charge is 0.417 e. The van der Waals surface area contributed by atoms with E-state index in [0.29, 0.717) is 25.4 Å². The number of hydrogen-bond donors (Lipinski definition) is 1. The lowest BCUT2D eigenvalue weighted by molar-refractivity contribution is -0.137. The summed E-state index contributed by atoms with van der Waals surface area (Å²) in [5.41, 5.74) is 0.608. The van der Waals surface area contributed by atoms with Crippen molar-refractivity contribution in [2.75, 3.05) is 16.4 Å². The average molecular weight is 531 g/mol. The van der Waals surface area contributed by atoms with E-state index in [1.165, 1.54) is 28.0 Å². The Morgan fingerprint density at radius 3 is 2.18 bits per heavy atom. The highest BCUT2D eigenvalue weighted by Crippen LogP contribution is 2.42. The van der Waals surface area contributed by atoms with Gasteiger partial charge in [-0.3, -0.25) is 19.4 Å². The highest BCUT2D eigenvalue weighted by Gasteiger charge is 2.48. The van der Waals surface area contributed by atoms with Crippen molar-refractivity contribution in [2.24, 2.45) is 5.92 Å². The number of nitrogens with one attached hydrogen (secondary N) is 1. The number of fused-ring (bicyclic) bond motifs is 1. The van der Waals surface area contributed by atoms with Crippen LogP contribution in [-0.4, -0.2) is 30.6 Å². The molecule has 0 bridgehead atoms. The minimum Gasteiger partial charge on any atom is -0.289 e. The molecule has 5 rings (SSSR count). The molecule has 1 heterocycles. The number of urea groups is 1. The molecule has 0 aromatic heterocycles. The van der Waals surface area contributed by atoms with Crippen molar-refractivity contribution in [1.29, 1.82) is 5.26 Å². The van der Waals surface area contributed by atoms with Gasteiger partial charge in [-0.2, -0.15) is 18.4 Å². The molecule has 1 saturated heterocycles. The van der Waals surface area contributed by atoms with Crippen LogP contribution in [0.15, 0.2) is 36.4 Å². The van der Waals surface area contributed by atoms with Gasteiger partial charge in [0, 0.05) is 11.4 Å². The molecule has 2 atom stereocenters. The van der Waals surface area contributed by atoms with Crippen molar-refractivity contribution in [3.05, 3.63) is 58.9 Å². The summed E-state index contributed by atoms with van der Waals surface area (Å²) in [7, 11) is 0. The topological polar surface area (TPSA) is 85.7 Å². The molecule has 3 amide bonds. The van der Waals surface area contributed by atoms with Crippen LogP contribution in [0.4, 0.5) is 33.7 Å². The van der Waals surface area contributed by atoms with Crippen molar-refractivity contribution in [1.82, 2.24) is 5.48 Å². The predicted octanol–water partition coefficient (Wildman–Crippen LogP) is 5.94. The van der Waals surface area contributed by atoms with Gasteiger partial charge in [0.25, 0.3) is 5.91 Å². The molecule has 0 spiro atoms. The second kappa shape index (κ2) is 10.3. The number of benzene rings is 2. The fourth-order valence-corrected chi connectivity index (χ4v) is 5.49. The van der Waals surface area contributed by atoms with Crippen LogP contribution in [-0.2, 0) is 11.0 Å². The van der Waals surface area contributed by atoms with Crippen molar-refractivity contribution < 1.29 is 32.0 Å². The van der Waals surface area contributed by atoms with Crippen molar-refractivity contribution in [2.45, 2.75) is 63.2 Å². The summed E-state index contributed by atoms with van der Waals surface area (Å²) in [4.78, 5) is 34.0. The first-order chi connectivity index (χ1) is 18.2. The number of carbonyl (C=O) groups is 2. The molecule has 7 nitrogen and oxygen atoms in total. The number of halogens is 4. The average Bonchev–Trinajstić information content (AvgIpc) is 3.16. The molecule has 3 fully saturated rings. The van der Waals surface area contributed by atoms with Crippen LogP contribution in [0.3, 0.4) is 0 Å². The first-order valence-corrected chi connectivity index (χ1v) is 12.6. The van der Waals surface area contributed by atoms with Gasteiger partial charge in [0.2, 0.25) is 0 Å².